The van der Waals surface area contributed by atoms with Crippen molar-refractivity contribution in [1.82, 2.24) is 4.57 Å². The average molecular weight is 312 g/mol. The predicted molar refractivity (Wildman–Crippen MR) is 64.5 cm³/mol. The minimum atomic E-state index is 0.194. The van der Waals surface area contributed by atoms with Gasteiger partial charge >= 0.3 is 33.3 Å². The van der Waals surface area contributed by atoms with Crippen LogP contribution in [0.5, 0.6) is 0 Å². The molecule has 0 aromatic carbocycles. The normalized spacial score (nSPS) is 9.94. The van der Waals surface area contributed by atoms with E-state index in [0.717, 1.165) is 11.4 Å². The molecule has 0 unspecified atom stereocenters. The summed E-state index contributed by atoms with van der Waals surface area (Å²) < 4.78 is 1.79. The molecule has 0 saturated heterocycles. The van der Waals surface area contributed by atoms with Gasteiger partial charge in [-0.3, -0.25) is 0 Å². The number of hydrogen-bond donors (Lipinski definition) is 0. The van der Waals surface area contributed by atoms with Crippen LogP contribution in [0.3, 0.4) is 0 Å². The molecule has 0 fully saturated rings. The van der Waals surface area contributed by atoms with E-state index in [1.165, 1.54) is 12.4 Å². The van der Waals surface area contributed by atoms with Crippen LogP contribution in [0.25, 0.3) is 4.95 Å². The molecule has 90 valence electrons. The van der Waals surface area contributed by atoms with Gasteiger partial charge in [0.25, 0.3) is 0 Å². The molecule has 1 aromatic rings. The Labute approximate surface area is 114 Å². The number of nitriles is 1. The van der Waals surface area contributed by atoms with Crippen LogP contribution < -0.4 is 0 Å². The molecule has 0 atom stereocenters. The van der Waals surface area contributed by atoms with Crippen LogP contribution in [-0.4, -0.2) is 17.0 Å². The molecule has 0 amide bonds. The molecule has 17 heavy (non-hydrogen) atoms. The minimum absolute atomic E-state index is 0.194. The van der Waals surface area contributed by atoms with E-state index in [0.29, 0.717) is 0 Å². The van der Waals surface area contributed by atoms with Gasteiger partial charge in [-0.25, -0.2) is 0 Å². The van der Waals surface area contributed by atoms with Gasteiger partial charge in [0.15, 0.2) is 0 Å². The molecule has 1 rings (SSSR count). The Balaban J connectivity index is 0.000000770. The third-order valence-corrected chi connectivity index (χ3v) is 1.70. The van der Waals surface area contributed by atoms with Crippen molar-refractivity contribution in [1.29, 1.82) is 5.26 Å². The summed E-state index contributed by atoms with van der Waals surface area (Å²) in [7, 11) is 11.3. The fourth-order valence-electron chi connectivity index (χ4n) is 0.986. The second-order valence-electron chi connectivity index (χ2n) is 2.50. The predicted octanol–water partition coefficient (Wildman–Crippen LogP) is 2.55. The van der Waals surface area contributed by atoms with Crippen LogP contribution >= 0.6 is 20.2 Å². The number of aliphatic imine (C=N–C) groups is 1. The first kappa shape index (κ1) is 15.7. The molecule has 8 heteroatoms. The van der Waals surface area contributed by atoms with E-state index in [4.69, 9.17) is 32.0 Å². The summed E-state index contributed by atoms with van der Waals surface area (Å²) in [5, 5.41) is 11.7. The molecule has 0 aliphatic rings. The van der Waals surface area contributed by atoms with Crippen LogP contribution in [0.2, 0.25) is 0 Å². The van der Waals surface area contributed by atoms with Crippen molar-refractivity contribution < 1.29 is 13.1 Å². The van der Waals surface area contributed by atoms with Crippen LogP contribution in [0.1, 0.15) is 11.4 Å². The fraction of sp³-hybridized carbons (Fsp3) is 0.111. The van der Waals surface area contributed by atoms with Gasteiger partial charge in [-0.15, -0.1) is 4.95 Å². The number of nitrogens with zero attached hydrogens (tertiary/aromatic N) is 5. The molecule has 0 saturated carbocycles. The van der Waals surface area contributed by atoms with E-state index in [9.17, 15) is 0 Å². The van der Waals surface area contributed by atoms with E-state index in [1.54, 1.807) is 22.9 Å². The van der Waals surface area contributed by atoms with Crippen molar-refractivity contribution in [3.05, 3.63) is 35.0 Å². The van der Waals surface area contributed by atoms with Crippen molar-refractivity contribution in [3.8, 4) is 6.19 Å². The number of rotatable bonds is 2. The van der Waals surface area contributed by atoms with Crippen LogP contribution in [-0.2, 0) is 20.2 Å². The third-order valence-electron chi connectivity index (χ3n) is 1.70. The Kier molecular flexibility index (Phi) is 9.14. The van der Waals surface area contributed by atoms with Crippen LogP contribution in [0.4, 0.5) is 0 Å². The molecule has 5 nitrogen and oxygen atoms in total. The standard InChI is InChI=1S/C9H7N5.2ClH.Fe/c1-11-13-6-9-4-3-8(14(9)2)5-12-7-10;;;/h3-6H,2H3;2*1H;/q;;;+2/p-2/b12-5?,13-6+;;;. The zero-order valence-electron chi connectivity index (χ0n) is 8.65. The maximum atomic E-state index is 8.24. The zero-order chi connectivity index (χ0) is 13.1. The first-order chi connectivity index (χ1) is 8.21. The van der Waals surface area contributed by atoms with Gasteiger partial charge in [0.05, 0.1) is 22.7 Å². The van der Waals surface area contributed by atoms with Gasteiger partial charge in [-0.05, 0) is 12.1 Å². The number of halogens is 2. The van der Waals surface area contributed by atoms with Crippen molar-refractivity contribution in [2.75, 3.05) is 0 Å². The second-order valence-corrected chi connectivity index (χ2v) is 4.32. The van der Waals surface area contributed by atoms with Crippen molar-refractivity contribution in [2.45, 2.75) is 0 Å². The Morgan fingerprint density at radius 2 is 2.00 bits per heavy atom. The Morgan fingerprint density at radius 3 is 2.47 bits per heavy atom. The van der Waals surface area contributed by atoms with Crippen LogP contribution in [0, 0.1) is 18.0 Å². The molecule has 0 N–H and O–H groups in total. The molecule has 0 aliphatic heterocycles. The fourth-order valence-corrected chi connectivity index (χ4v) is 0.986. The SMILES string of the molecule is [C-]#[N+]/N=C/c1ccc(C=NC#N)n1C.[Cl][Fe][Cl]. The van der Waals surface area contributed by atoms with E-state index in [2.05, 4.69) is 15.0 Å². The molecular weight excluding hydrogens is 305 g/mol. The Morgan fingerprint density at radius 1 is 1.47 bits per heavy atom. The monoisotopic (exact) mass is 311 g/mol. The molecule has 0 bridgehead atoms. The molecule has 0 aliphatic carbocycles. The van der Waals surface area contributed by atoms with Gasteiger partial charge in [-0.1, -0.05) is 0 Å². The van der Waals surface area contributed by atoms with E-state index in [-0.39, 0.29) is 13.1 Å². The summed E-state index contributed by atoms with van der Waals surface area (Å²) in [4.78, 5) is 6.31. The quantitative estimate of drug-likeness (QED) is 0.272. The first-order valence-corrected chi connectivity index (χ1v) is 7.08. The summed E-state index contributed by atoms with van der Waals surface area (Å²) in [6.07, 6.45) is 4.58. The van der Waals surface area contributed by atoms with E-state index in [1.807, 2.05) is 7.05 Å². The number of aromatic nitrogens is 1. The summed E-state index contributed by atoms with van der Waals surface area (Å²) in [5.74, 6) is 0. The van der Waals surface area contributed by atoms with Gasteiger partial charge in [0.1, 0.15) is 6.21 Å². The topological polar surface area (TPSA) is 57.8 Å². The average Bonchev–Trinajstić information content (AvgIpc) is 2.66. The molecule has 0 spiro atoms. The number of hydrogen-bond acceptors (Lipinski definition) is 3. The van der Waals surface area contributed by atoms with E-state index >= 15 is 0 Å². The van der Waals surface area contributed by atoms with Gasteiger partial charge in [0.2, 0.25) is 6.19 Å². The van der Waals surface area contributed by atoms with Gasteiger partial charge in [-0.2, -0.15) is 16.8 Å². The van der Waals surface area contributed by atoms with Crippen molar-refractivity contribution >= 4 is 32.6 Å². The summed E-state index contributed by atoms with van der Waals surface area (Å²) in [5.41, 5.74) is 1.58. The molecule has 1 aromatic heterocycles. The maximum absolute atomic E-state index is 8.24. The second kappa shape index (κ2) is 9.89. The third kappa shape index (κ3) is 6.11. The summed E-state index contributed by atoms with van der Waals surface area (Å²) in [6, 6.07) is 3.60. The Hall–Kier alpha value is -1.30. The van der Waals surface area contributed by atoms with Crippen molar-refractivity contribution in [3.63, 3.8) is 0 Å². The molecule has 0 radical (unpaired) electrons. The first-order valence-electron chi connectivity index (χ1n) is 4.04. The molecule has 1 heterocycles. The summed E-state index contributed by atoms with van der Waals surface area (Å²) >= 11 is 0.194. The van der Waals surface area contributed by atoms with Gasteiger partial charge in [0, 0.05) is 7.05 Å². The Bertz CT molecular complexity index is 439. The molecular formula is C9H7Cl2FeN5. The van der Waals surface area contributed by atoms with E-state index < -0.39 is 0 Å². The summed E-state index contributed by atoms with van der Waals surface area (Å²) in [6.45, 7) is 6.49. The van der Waals surface area contributed by atoms with Crippen molar-refractivity contribution in [2.24, 2.45) is 17.1 Å². The zero-order valence-corrected chi connectivity index (χ0v) is 11.3. The van der Waals surface area contributed by atoms with Gasteiger partial charge < -0.3 is 4.57 Å². The van der Waals surface area contributed by atoms with Crippen LogP contribution in [0.15, 0.2) is 22.2 Å².